The van der Waals surface area contributed by atoms with Crippen LogP contribution in [0.4, 0.5) is 0 Å². The summed E-state index contributed by atoms with van der Waals surface area (Å²) in [7, 11) is 3.16. The molecule has 2 aromatic rings. The molecule has 0 saturated carbocycles. The fourth-order valence-corrected chi connectivity index (χ4v) is 14.6. The lowest BCUT2D eigenvalue weighted by Gasteiger charge is -2.33. The molecule has 0 unspecified atom stereocenters. The molecule has 3 rings (SSSR count). The van der Waals surface area contributed by atoms with Gasteiger partial charge in [0.1, 0.15) is 17.9 Å². The van der Waals surface area contributed by atoms with E-state index in [1.807, 2.05) is 84.9 Å². The zero-order chi connectivity index (χ0) is 109. The molecule has 1 heterocycles. The van der Waals surface area contributed by atoms with E-state index in [-0.39, 0.29) is 106 Å². The van der Waals surface area contributed by atoms with Crippen molar-refractivity contribution in [3.63, 3.8) is 0 Å². The van der Waals surface area contributed by atoms with Gasteiger partial charge < -0.3 is 155 Å². The van der Waals surface area contributed by atoms with Crippen molar-refractivity contribution in [1.82, 2.24) is 26.6 Å². The van der Waals surface area contributed by atoms with Crippen LogP contribution in [-0.2, 0) is 179 Å². The molecule has 0 fully saturated rings. The van der Waals surface area contributed by atoms with Crippen LogP contribution in [0.15, 0.2) is 54.6 Å². The molecule has 0 bridgehead atoms. The van der Waals surface area contributed by atoms with E-state index in [1.54, 1.807) is 33.9 Å². The van der Waals surface area contributed by atoms with E-state index in [1.165, 1.54) is 19.2 Å². The summed E-state index contributed by atoms with van der Waals surface area (Å²) in [5.74, 6) is -6.23. The summed E-state index contributed by atoms with van der Waals surface area (Å²) < 4.78 is 144. The Kier molecular flexibility index (Phi) is 83.5. The van der Waals surface area contributed by atoms with Crippen molar-refractivity contribution in [3.05, 3.63) is 81.9 Å². The molecule has 42 heteroatoms. The number of carbonyl (C=O) groups excluding carboxylic acids is 9. The van der Waals surface area contributed by atoms with Gasteiger partial charge in [0.25, 0.3) is 0 Å². The number of amides is 5. The number of nitrogens with one attached hydrogen (secondary N) is 5. The fourth-order valence-electron chi connectivity index (χ4n) is 14.4. The highest BCUT2D eigenvalue weighted by atomic mass is 35.5. The number of aliphatic hydroxyl groups excluding tert-OH is 1. The summed E-state index contributed by atoms with van der Waals surface area (Å²) >= 11 is 6.45. The number of halogens is 1. The first kappa shape index (κ1) is 137. The zero-order valence-corrected chi connectivity index (χ0v) is 92.6. The van der Waals surface area contributed by atoms with Crippen molar-refractivity contribution < 1.29 is 171 Å². The molecule has 0 aliphatic carbocycles. The Morgan fingerprint density at radius 1 is 0.473 bits per heavy atom. The van der Waals surface area contributed by atoms with Gasteiger partial charge in [-0.3, -0.25) is 38.4 Å². The van der Waals surface area contributed by atoms with E-state index in [4.69, 9.17) is 135 Å². The van der Waals surface area contributed by atoms with Crippen molar-refractivity contribution in [2.24, 2.45) is 28.6 Å². The van der Waals surface area contributed by atoms with E-state index in [2.05, 4.69) is 26.6 Å². The molecular weight excluding hydrogens is 1980 g/mol. The third kappa shape index (κ3) is 74.3. The highest BCUT2D eigenvalue weighted by Gasteiger charge is 2.40. The van der Waals surface area contributed by atoms with E-state index < -0.39 is 82.7 Å². The van der Waals surface area contributed by atoms with E-state index in [9.17, 15) is 48.3 Å². The molecular formula is C108H184ClN5O36. The van der Waals surface area contributed by atoms with E-state index >= 15 is 0 Å². The van der Waals surface area contributed by atoms with Crippen LogP contribution in [0.3, 0.4) is 0 Å². The number of cyclic esters (lactones) is 2. The van der Waals surface area contributed by atoms with E-state index in [0.29, 0.717) is 347 Å². The lowest BCUT2D eigenvalue weighted by Crippen LogP contribution is -2.51. The molecule has 8 atom stereocenters. The second-order valence-electron chi connectivity index (χ2n) is 37.9. The van der Waals surface area contributed by atoms with Crippen LogP contribution in [-0.4, -0.2) is 426 Å². The molecule has 6 N–H and O–H groups in total. The maximum absolute atomic E-state index is 14.4. The van der Waals surface area contributed by atoms with Gasteiger partial charge in [0.05, 0.1) is 328 Å². The second kappa shape index (κ2) is 91.2. The van der Waals surface area contributed by atoms with E-state index in [0.717, 1.165) is 16.7 Å². The number of aryl methyl sites for hydroxylation is 2. The normalized spacial score (nSPS) is 16.1. The Morgan fingerprint density at radius 3 is 1.23 bits per heavy atom. The number of carbonyl (C=O) groups is 9. The minimum atomic E-state index is -1.36. The largest absolute Gasteiger partial charge is 0.459 e. The van der Waals surface area contributed by atoms with Gasteiger partial charge in [-0.05, 0) is 92.2 Å². The fraction of sp³-hybridized carbons (Fsp3) is 0.787. The van der Waals surface area contributed by atoms with Crippen molar-refractivity contribution in [3.8, 4) is 0 Å². The van der Waals surface area contributed by atoms with Crippen LogP contribution in [0, 0.1) is 35.5 Å². The number of esters is 2. The third-order valence-corrected chi connectivity index (χ3v) is 23.7. The number of aliphatic hydroxyl groups is 1. The van der Waals surface area contributed by atoms with Crippen LogP contribution in [0.2, 0.25) is 5.02 Å². The SMILES string of the molecule is CNC(=O)CCCC(=O)N[C@H](C(=O)C[C@@H](CCCCNC(=O)CCOCCOCCOCCOCCOCCOCCOCCOCCOCCOCCOCCOCCOCCOCCOCCOCCOCCOCCOCCOCCOCCOCCOCCOC)C(=O)CCc1ccc([C@@H](C)[C@H](O)[C@@H](C)[C@@H]2C/C=C/C(=O)N[C@H](Cc3ccc(C)c(Cl)c3)C(=O)NCC(C)(C)C(=O)O[C@@H](CC(C)(C)C)C(=O)O2)cc1)C(C)C. The lowest BCUT2D eigenvalue weighted by molar-refractivity contribution is -0.181. The molecule has 0 aromatic heterocycles. The first-order chi connectivity index (χ1) is 72.5. The van der Waals surface area contributed by atoms with Gasteiger partial charge in [0.15, 0.2) is 11.9 Å². The predicted molar refractivity (Wildman–Crippen MR) is 560 cm³/mol. The highest BCUT2D eigenvalue weighted by molar-refractivity contribution is 6.31. The summed E-state index contributed by atoms with van der Waals surface area (Å²) in [6.07, 6.45) is 1.70. The molecule has 2 aromatic carbocycles. The van der Waals surface area contributed by atoms with Gasteiger partial charge in [-0.25, -0.2) is 4.79 Å². The van der Waals surface area contributed by atoms with Gasteiger partial charge >= 0.3 is 11.9 Å². The average Bonchev–Trinajstić information content (AvgIpc) is 0.825. The number of methoxy groups -OCH3 is 1. The molecule has 864 valence electrons. The summed E-state index contributed by atoms with van der Waals surface area (Å²) in [6.45, 7) is 39.2. The molecule has 5 amide bonds. The Bertz CT molecular complexity index is 3800. The van der Waals surface area contributed by atoms with Crippen molar-refractivity contribution in [1.29, 1.82) is 0 Å². The zero-order valence-electron chi connectivity index (χ0n) is 91.8. The monoisotopic (exact) mass is 2160 g/mol. The number of benzene rings is 2. The molecule has 0 saturated heterocycles. The Balaban J connectivity index is 1.17. The number of rotatable bonds is 97. The topological polar surface area (TPSA) is 474 Å². The highest BCUT2D eigenvalue weighted by Crippen LogP contribution is 2.33. The van der Waals surface area contributed by atoms with Gasteiger partial charge in [-0.1, -0.05) is 109 Å². The van der Waals surface area contributed by atoms with Crippen LogP contribution in [0.1, 0.15) is 161 Å². The first-order valence-electron chi connectivity index (χ1n) is 53.3. The quantitative estimate of drug-likeness (QED) is 0.0273. The minimum Gasteiger partial charge on any atom is -0.459 e. The average molecular weight is 2160 g/mol. The third-order valence-electron chi connectivity index (χ3n) is 23.3. The van der Waals surface area contributed by atoms with Gasteiger partial charge in [-0.2, -0.15) is 0 Å². The molecule has 1 aliphatic heterocycles. The first-order valence-corrected chi connectivity index (χ1v) is 53.7. The van der Waals surface area contributed by atoms with Gasteiger partial charge in [-0.15, -0.1) is 0 Å². The Morgan fingerprint density at radius 2 is 0.853 bits per heavy atom. The summed E-state index contributed by atoms with van der Waals surface area (Å²) in [5.41, 5.74) is 1.23. The number of unbranched alkanes of at least 4 members (excludes halogenated alkanes) is 1. The summed E-state index contributed by atoms with van der Waals surface area (Å²) in [4.78, 5) is 122. The number of Topliss-reactive ketones (excluding diaryl/α,β-unsaturated/α-hetero) is 2. The molecule has 41 nitrogen and oxygen atoms in total. The maximum atomic E-state index is 14.4. The van der Waals surface area contributed by atoms with Crippen LogP contribution < -0.4 is 26.6 Å². The number of ketones is 2. The summed E-state index contributed by atoms with van der Waals surface area (Å²) in [6, 6.07) is 10.9. The molecule has 0 radical (unpaired) electrons. The van der Waals surface area contributed by atoms with Crippen molar-refractivity contribution in [2.45, 2.75) is 189 Å². The van der Waals surface area contributed by atoms with Crippen LogP contribution in [0.5, 0.6) is 0 Å². The summed E-state index contributed by atoms with van der Waals surface area (Å²) in [5, 5.41) is 26.6. The lowest BCUT2D eigenvalue weighted by atomic mass is 9.83. The Hall–Kier alpha value is -6.90. The predicted octanol–water partition coefficient (Wildman–Crippen LogP) is 7.68. The minimum absolute atomic E-state index is 0.0397. The Labute approximate surface area is 895 Å². The molecule has 0 spiro atoms. The number of hydrogen-bond donors (Lipinski definition) is 6. The molecule has 150 heavy (non-hydrogen) atoms. The van der Waals surface area contributed by atoms with Gasteiger partial charge in [0.2, 0.25) is 29.5 Å². The smallest absolute Gasteiger partial charge is 0.347 e. The van der Waals surface area contributed by atoms with Crippen LogP contribution >= 0.6 is 11.6 Å². The van der Waals surface area contributed by atoms with Crippen molar-refractivity contribution in [2.75, 3.05) is 338 Å². The standard InChI is InChI=1S/C108H184ClN5O36/c1-84(2)102(114-101(120)21-16-19-98(117)110-11)95(116)81-91(94(115)29-26-88-24-27-90(28-25-88)86(4)103(121)87(5)96-18-15-20-100(119)113-93(80-89-23-22-85(3)92(109)79-89)104(122)112-83-108(9,10)106(124)150-97(105(123)149-96)82-107(6,7)8)17-13-14-31-111-99(118)30-32-126-35-36-128-39-40-130-43-44-132-47-48-134-51-52-136-55-56-138-59-60-140-63-64-142-67-68-144-71-72-146-75-76-148-78-77-147-74-73-145-70-69-143-66-65-141-62-61-139-58-57-137-54-53-135-50-49-133-46-45-131-42-41-129-38-37-127-34-33-125-12/h15,20,22-25,27-28,79,84,86-87,91,93,96-97,102-103,121H,13-14,16-19,21,26,29-78,80-83H2,1-12H3,(H,110,117)(H,111,118)(H,112,122)(H,113,119)(H,114,120)/b20-15+/t86-,87+,91-,93-,96+,97+,102+,103+/m1/s1. The van der Waals surface area contributed by atoms with Crippen molar-refractivity contribution >= 4 is 64.6 Å². The number of ether oxygens (including phenoxy) is 26. The second-order valence-corrected chi connectivity index (χ2v) is 38.3. The molecule has 1 aliphatic rings. The van der Waals surface area contributed by atoms with Crippen LogP contribution in [0.25, 0.3) is 0 Å². The maximum Gasteiger partial charge on any atom is 0.347 e. The number of hydrogen-bond acceptors (Lipinski definition) is 36. The van der Waals surface area contributed by atoms with Gasteiger partial charge in [0, 0.05) is 101 Å².